The highest BCUT2D eigenvalue weighted by atomic mass is 16.5. The Morgan fingerprint density at radius 1 is 1.37 bits per heavy atom. The number of ether oxygens (including phenoxy) is 1. The lowest BCUT2D eigenvalue weighted by Crippen LogP contribution is -2.38. The van der Waals surface area contributed by atoms with Crippen LogP contribution in [0.25, 0.3) is 0 Å². The van der Waals surface area contributed by atoms with Gasteiger partial charge in [-0.15, -0.1) is 0 Å². The van der Waals surface area contributed by atoms with Crippen LogP contribution in [0, 0.1) is 0 Å². The average molecular weight is 264 g/mol. The first-order valence-electron chi connectivity index (χ1n) is 7.10. The van der Waals surface area contributed by atoms with Crippen LogP contribution < -0.4 is 10.6 Å². The van der Waals surface area contributed by atoms with E-state index in [1.807, 2.05) is 6.92 Å². The predicted molar refractivity (Wildman–Crippen MR) is 77.4 cm³/mol. The molecule has 1 saturated heterocycles. The third kappa shape index (κ3) is 3.15. The number of hydrogen-bond donors (Lipinski definition) is 1. The Hall–Kier alpha value is -1.36. The maximum atomic E-state index is 6.00. The van der Waals surface area contributed by atoms with Gasteiger partial charge in [-0.05, 0) is 25.7 Å². The number of nitrogens with zero attached hydrogens (tertiary/aromatic N) is 3. The number of rotatable bonds is 4. The fourth-order valence-electron chi connectivity index (χ4n) is 2.68. The molecule has 2 N–H and O–H groups in total. The van der Waals surface area contributed by atoms with Crippen LogP contribution in [0.2, 0.25) is 0 Å². The summed E-state index contributed by atoms with van der Waals surface area (Å²) in [6.45, 7) is 9.05. The van der Waals surface area contributed by atoms with Crippen molar-refractivity contribution in [3.8, 4) is 0 Å². The maximum absolute atomic E-state index is 6.00. The molecule has 1 aliphatic rings. The highest BCUT2D eigenvalue weighted by Gasteiger charge is 2.24. The van der Waals surface area contributed by atoms with Gasteiger partial charge in [-0.25, -0.2) is 9.97 Å². The first-order chi connectivity index (χ1) is 9.13. The minimum absolute atomic E-state index is 0.334. The molecule has 2 rings (SSSR count). The largest absolute Gasteiger partial charge is 0.383 e. The molecule has 1 fully saturated rings. The van der Waals surface area contributed by atoms with E-state index in [-0.39, 0.29) is 0 Å². The minimum Gasteiger partial charge on any atom is -0.383 e. The van der Waals surface area contributed by atoms with Crippen LogP contribution in [0.1, 0.15) is 45.1 Å². The summed E-state index contributed by atoms with van der Waals surface area (Å²) in [6.07, 6.45) is 4.05. The van der Waals surface area contributed by atoms with E-state index in [0.29, 0.717) is 17.8 Å². The third-order valence-electron chi connectivity index (χ3n) is 3.61. The third-order valence-corrected chi connectivity index (χ3v) is 3.61. The molecule has 19 heavy (non-hydrogen) atoms. The van der Waals surface area contributed by atoms with E-state index in [0.717, 1.165) is 43.9 Å². The van der Waals surface area contributed by atoms with Gasteiger partial charge in [0.15, 0.2) is 0 Å². The van der Waals surface area contributed by atoms with Crippen LogP contribution in [0.3, 0.4) is 0 Å². The lowest BCUT2D eigenvalue weighted by molar-refractivity contribution is 0.0458. The second kappa shape index (κ2) is 6.19. The zero-order valence-electron chi connectivity index (χ0n) is 12.1. The molecule has 0 spiro atoms. The van der Waals surface area contributed by atoms with Crippen LogP contribution >= 0.6 is 0 Å². The van der Waals surface area contributed by atoms with Crippen molar-refractivity contribution in [1.29, 1.82) is 0 Å². The van der Waals surface area contributed by atoms with E-state index < -0.39 is 0 Å². The number of nitrogens with two attached hydrogens (primary N) is 1. The normalized spacial score (nSPS) is 17.2. The molecule has 0 aromatic carbocycles. The Morgan fingerprint density at radius 3 is 2.63 bits per heavy atom. The number of anilines is 2. The second-order valence-corrected chi connectivity index (χ2v) is 5.29. The molecular formula is C14H24N4O. The van der Waals surface area contributed by atoms with Crippen molar-refractivity contribution in [3.63, 3.8) is 0 Å². The van der Waals surface area contributed by atoms with E-state index in [2.05, 4.69) is 28.7 Å². The van der Waals surface area contributed by atoms with E-state index in [4.69, 9.17) is 10.5 Å². The topological polar surface area (TPSA) is 64.3 Å². The molecule has 1 aromatic rings. The van der Waals surface area contributed by atoms with Crippen molar-refractivity contribution in [3.05, 3.63) is 11.9 Å². The Kier molecular flexibility index (Phi) is 4.58. The molecule has 0 unspecified atom stereocenters. The molecule has 1 aliphatic heterocycles. The lowest BCUT2D eigenvalue weighted by Gasteiger charge is -2.34. The van der Waals surface area contributed by atoms with Crippen molar-refractivity contribution >= 4 is 11.6 Å². The van der Waals surface area contributed by atoms with Gasteiger partial charge in [0.25, 0.3) is 0 Å². The fraction of sp³-hybridized carbons (Fsp3) is 0.714. The number of piperidine rings is 1. The number of nitrogen functional groups attached to an aromatic ring is 1. The summed E-state index contributed by atoms with van der Waals surface area (Å²) in [5.74, 6) is 1.94. The van der Waals surface area contributed by atoms with Crippen LogP contribution in [0.15, 0.2) is 6.33 Å². The van der Waals surface area contributed by atoms with Gasteiger partial charge in [0, 0.05) is 25.3 Å². The summed E-state index contributed by atoms with van der Waals surface area (Å²) < 4.78 is 5.68. The molecule has 106 valence electrons. The Bertz CT molecular complexity index is 414. The molecule has 1 aromatic heterocycles. The summed E-state index contributed by atoms with van der Waals surface area (Å²) in [5, 5.41) is 0. The fourth-order valence-corrected chi connectivity index (χ4v) is 2.68. The molecule has 5 heteroatoms. The van der Waals surface area contributed by atoms with Gasteiger partial charge in [0.05, 0.1) is 6.10 Å². The first-order valence-corrected chi connectivity index (χ1v) is 7.10. The molecule has 0 amide bonds. The molecule has 0 atom stereocenters. The average Bonchev–Trinajstić information content (AvgIpc) is 2.39. The predicted octanol–water partition coefficient (Wildman–Crippen LogP) is 2.19. The maximum Gasteiger partial charge on any atom is 0.137 e. The van der Waals surface area contributed by atoms with Gasteiger partial charge in [0.1, 0.15) is 18.0 Å². The molecular weight excluding hydrogens is 240 g/mol. The van der Waals surface area contributed by atoms with E-state index in [1.54, 1.807) is 6.33 Å². The molecule has 0 bridgehead atoms. The van der Waals surface area contributed by atoms with Crippen molar-refractivity contribution in [2.75, 3.05) is 30.3 Å². The second-order valence-electron chi connectivity index (χ2n) is 5.29. The molecule has 0 aliphatic carbocycles. The molecule has 0 radical (unpaired) electrons. The summed E-state index contributed by atoms with van der Waals surface area (Å²) in [7, 11) is 0. The van der Waals surface area contributed by atoms with Crippen LogP contribution in [-0.4, -0.2) is 35.8 Å². The standard InChI is InChI=1S/C14H24N4O/c1-4-19-11-5-7-18(8-6-11)14-12(10(2)3)13(15)16-9-17-14/h9-11H,4-8H2,1-3H3,(H2,15,16,17). The zero-order valence-corrected chi connectivity index (χ0v) is 12.1. The van der Waals surface area contributed by atoms with Gasteiger partial charge >= 0.3 is 0 Å². The summed E-state index contributed by atoms with van der Waals surface area (Å²) >= 11 is 0. The SMILES string of the molecule is CCOC1CCN(c2ncnc(N)c2C(C)C)CC1. The van der Waals surface area contributed by atoms with Crippen LogP contribution in [0.5, 0.6) is 0 Å². The molecule has 5 nitrogen and oxygen atoms in total. The highest BCUT2D eigenvalue weighted by Crippen LogP contribution is 2.30. The number of aromatic nitrogens is 2. The van der Waals surface area contributed by atoms with Crippen molar-refractivity contribution in [1.82, 2.24) is 9.97 Å². The Morgan fingerprint density at radius 2 is 2.05 bits per heavy atom. The molecule has 2 heterocycles. The number of hydrogen-bond acceptors (Lipinski definition) is 5. The van der Waals surface area contributed by atoms with Crippen molar-refractivity contribution in [2.24, 2.45) is 0 Å². The zero-order chi connectivity index (χ0) is 13.8. The van der Waals surface area contributed by atoms with E-state index in [1.165, 1.54) is 0 Å². The minimum atomic E-state index is 0.334. The monoisotopic (exact) mass is 264 g/mol. The van der Waals surface area contributed by atoms with Gasteiger partial charge in [-0.2, -0.15) is 0 Å². The Balaban J connectivity index is 2.13. The smallest absolute Gasteiger partial charge is 0.137 e. The van der Waals surface area contributed by atoms with Gasteiger partial charge in [-0.3, -0.25) is 0 Å². The van der Waals surface area contributed by atoms with Crippen LogP contribution in [0.4, 0.5) is 11.6 Å². The Labute approximate surface area is 115 Å². The first kappa shape index (κ1) is 14.1. The van der Waals surface area contributed by atoms with Crippen LogP contribution in [-0.2, 0) is 4.74 Å². The lowest BCUT2D eigenvalue weighted by atomic mass is 10.0. The quantitative estimate of drug-likeness (QED) is 0.903. The van der Waals surface area contributed by atoms with E-state index >= 15 is 0 Å². The van der Waals surface area contributed by atoms with Gasteiger partial charge in [-0.1, -0.05) is 13.8 Å². The summed E-state index contributed by atoms with van der Waals surface area (Å²) in [5.41, 5.74) is 7.07. The van der Waals surface area contributed by atoms with Crippen molar-refractivity contribution < 1.29 is 4.74 Å². The van der Waals surface area contributed by atoms with Gasteiger partial charge < -0.3 is 15.4 Å². The highest BCUT2D eigenvalue weighted by molar-refractivity contribution is 5.58. The molecule has 0 saturated carbocycles. The van der Waals surface area contributed by atoms with Crippen molar-refractivity contribution in [2.45, 2.75) is 45.6 Å². The van der Waals surface area contributed by atoms with E-state index in [9.17, 15) is 0 Å². The summed E-state index contributed by atoms with van der Waals surface area (Å²) in [6, 6.07) is 0. The van der Waals surface area contributed by atoms with Gasteiger partial charge in [0.2, 0.25) is 0 Å². The summed E-state index contributed by atoms with van der Waals surface area (Å²) in [4.78, 5) is 10.9.